The van der Waals surface area contributed by atoms with Gasteiger partial charge in [0, 0.05) is 55.4 Å². The van der Waals surface area contributed by atoms with Crippen molar-refractivity contribution in [3.8, 4) is 11.5 Å². The topological polar surface area (TPSA) is 89.9 Å². The Morgan fingerprint density at radius 2 is 1.94 bits per heavy atom. The van der Waals surface area contributed by atoms with Gasteiger partial charge in [0.25, 0.3) is 0 Å². The quantitative estimate of drug-likeness (QED) is 0.572. The van der Waals surface area contributed by atoms with E-state index in [9.17, 15) is 13.2 Å². The number of nitrogens with zero attached hydrogens (tertiary/aromatic N) is 2. The summed E-state index contributed by atoms with van der Waals surface area (Å²) in [6, 6.07) is 12.5. The number of carbonyl (C=O) groups is 1. The molecule has 1 aromatic heterocycles. The Kier molecular flexibility index (Phi) is 6.62. The Hall–Kier alpha value is -3.04. The van der Waals surface area contributed by atoms with Crippen molar-refractivity contribution in [1.82, 2.24) is 14.2 Å². The van der Waals surface area contributed by atoms with Gasteiger partial charge < -0.3 is 19.4 Å². The second-order valence-electron chi connectivity index (χ2n) is 8.25. The van der Waals surface area contributed by atoms with Crippen LogP contribution >= 0.6 is 0 Å². The van der Waals surface area contributed by atoms with Gasteiger partial charge in [-0.3, -0.25) is 4.79 Å². The van der Waals surface area contributed by atoms with E-state index in [2.05, 4.69) is 5.32 Å². The van der Waals surface area contributed by atoms with E-state index >= 15 is 0 Å². The number of methoxy groups -OCH3 is 2. The lowest BCUT2D eigenvalue weighted by Gasteiger charge is -2.31. The molecule has 0 bridgehead atoms. The van der Waals surface area contributed by atoms with Crippen molar-refractivity contribution in [2.75, 3.05) is 27.3 Å². The highest BCUT2D eigenvalue weighted by atomic mass is 32.2. The molecule has 1 aliphatic rings. The summed E-state index contributed by atoms with van der Waals surface area (Å²) in [5.41, 5.74) is 1.79. The average molecular weight is 472 g/mol. The third-order valence-corrected chi connectivity index (χ3v) is 8.06. The van der Waals surface area contributed by atoms with E-state index in [1.165, 1.54) is 4.31 Å². The standard InChI is InChI=1S/C24H29N3O5S/c1-26-12-10-17-13-21(8-9-22(17)26)33(29,30)27-11-4-5-19(16-27)24(28)25-15-18-6-7-20(31-2)14-23(18)32-3/h6-10,12-14,19H,4-5,11,15-16H2,1-3H3,(H,25,28)/t19-/m1/s1. The maximum Gasteiger partial charge on any atom is 0.243 e. The van der Waals surface area contributed by atoms with Crippen LogP contribution in [0.25, 0.3) is 10.9 Å². The smallest absolute Gasteiger partial charge is 0.243 e. The van der Waals surface area contributed by atoms with Crippen molar-refractivity contribution >= 4 is 26.8 Å². The first-order valence-electron chi connectivity index (χ1n) is 10.9. The third kappa shape index (κ3) is 4.69. The summed E-state index contributed by atoms with van der Waals surface area (Å²) in [6.45, 7) is 0.867. The van der Waals surface area contributed by atoms with Gasteiger partial charge in [-0.25, -0.2) is 8.42 Å². The lowest BCUT2D eigenvalue weighted by Crippen LogP contribution is -2.45. The number of amides is 1. The number of piperidine rings is 1. The fraction of sp³-hybridized carbons (Fsp3) is 0.375. The number of nitrogens with one attached hydrogen (secondary N) is 1. The van der Waals surface area contributed by atoms with E-state index in [-0.39, 0.29) is 17.3 Å². The average Bonchev–Trinajstić information content (AvgIpc) is 3.22. The van der Waals surface area contributed by atoms with Gasteiger partial charge in [-0.15, -0.1) is 0 Å². The fourth-order valence-electron chi connectivity index (χ4n) is 4.27. The van der Waals surface area contributed by atoms with Crippen molar-refractivity contribution < 1.29 is 22.7 Å². The summed E-state index contributed by atoms with van der Waals surface area (Å²) in [5, 5.41) is 3.81. The molecule has 2 aromatic carbocycles. The molecule has 1 fully saturated rings. The third-order valence-electron chi connectivity index (χ3n) is 6.20. The van der Waals surface area contributed by atoms with Crippen molar-refractivity contribution in [3.05, 3.63) is 54.2 Å². The van der Waals surface area contributed by atoms with Gasteiger partial charge in [-0.1, -0.05) is 0 Å². The predicted molar refractivity (Wildman–Crippen MR) is 126 cm³/mol. The van der Waals surface area contributed by atoms with Crippen LogP contribution in [0, 0.1) is 5.92 Å². The highest BCUT2D eigenvalue weighted by Gasteiger charge is 2.33. The van der Waals surface area contributed by atoms with Gasteiger partial charge in [0.2, 0.25) is 15.9 Å². The summed E-state index contributed by atoms with van der Waals surface area (Å²) < 4.78 is 40.5. The predicted octanol–water partition coefficient (Wildman–Crippen LogP) is 2.91. The van der Waals surface area contributed by atoms with E-state index in [1.807, 2.05) is 42.1 Å². The molecule has 0 unspecified atom stereocenters. The highest BCUT2D eigenvalue weighted by molar-refractivity contribution is 7.89. The van der Waals surface area contributed by atoms with Crippen LogP contribution in [-0.4, -0.2) is 50.5 Å². The first kappa shape index (κ1) is 23.1. The molecule has 0 radical (unpaired) electrons. The van der Waals surface area contributed by atoms with Gasteiger partial charge in [-0.2, -0.15) is 4.31 Å². The highest BCUT2D eigenvalue weighted by Crippen LogP contribution is 2.28. The molecule has 176 valence electrons. The van der Waals surface area contributed by atoms with Crippen LogP contribution in [0.1, 0.15) is 18.4 Å². The Morgan fingerprint density at radius 1 is 1.12 bits per heavy atom. The molecule has 1 amide bonds. The van der Waals surface area contributed by atoms with Gasteiger partial charge in [0.1, 0.15) is 11.5 Å². The first-order chi connectivity index (χ1) is 15.8. The fourth-order valence-corrected chi connectivity index (χ4v) is 5.83. The minimum absolute atomic E-state index is 0.161. The molecular weight excluding hydrogens is 442 g/mol. The van der Waals surface area contributed by atoms with E-state index in [4.69, 9.17) is 9.47 Å². The van der Waals surface area contributed by atoms with Crippen LogP contribution in [-0.2, 0) is 28.4 Å². The number of carbonyl (C=O) groups excluding carboxylic acids is 1. The number of hydrogen-bond acceptors (Lipinski definition) is 5. The van der Waals surface area contributed by atoms with E-state index in [0.717, 1.165) is 16.5 Å². The molecular formula is C24H29N3O5S. The summed E-state index contributed by atoms with van der Waals surface area (Å²) in [6.07, 6.45) is 3.19. The summed E-state index contributed by atoms with van der Waals surface area (Å²) in [7, 11) is 1.38. The SMILES string of the molecule is COc1ccc(CNC(=O)[C@@H]2CCCN(S(=O)(=O)c3ccc4c(ccn4C)c3)C2)c(OC)c1. The van der Waals surface area contributed by atoms with E-state index < -0.39 is 15.9 Å². The minimum atomic E-state index is -3.69. The summed E-state index contributed by atoms with van der Waals surface area (Å²) >= 11 is 0. The van der Waals surface area contributed by atoms with Crippen LogP contribution in [0.15, 0.2) is 53.6 Å². The van der Waals surface area contributed by atoms with Gasteiger partial charge in [-0.05, 0) is 49.2 Å². The number of benzene rings is 2. The summed E-state index contributed by atoms with van der Waals surface area (Å²) in [4.78, 5) is 13.1. The number of sulfonamides is 1. The number of ether oxygens (including phenoxy) is 2. The molecule has 0 saturated carbocycles. The number of fused-ring (bicyclic) bond motifs is 1. The monoisotopic (exact) mass is 471 g/mol. The van der Waals surface area contributed by atoms with Crippen LogP contribution in [0.4, 0.5) is 0 Å². The molecule has 3 aromatic rings. The normalized spacial score (nSPS) is 17.1. The molecule has 0 aliphatic carbocycles. The van der Waals surface area contributed by atoms with E-state index in [0.29, 0.717) is 37.4 Å². The second-order valence-corrected chi connectivity index (χ2v) is 10.2. The van der Waals surface area contributed by atoms with Crippen molar-refractivity contribution in [3.63, 3.8) is 0 Å². The van der Waals surface area contributed by atoms with Crippen molar-refractivity contribution in [1.29, 1.82) is 0 Å². The largest absolute Gasteiger partial charge is 0.497 e. The molecule has 1 atom stereocenters. The Bertz CT molecular complexity index is 1270. The van der Waals surface area contributed by atoms with Gasteiger partial charge >= 0.3 is 0 Å². The second kappa shape index (κ2) is 9.44. The van der Waals surface area contributed by atoms with Crippen LogP contribution in [0.2, 0.25) is 0 Å². The van der Waals surface area contributed by atoms with Crippen LogP contribution in [0.5, 0.6) is 11.5 Å². The molecule has 2 heterocycles. The minimum Gasteiger partial charge on any atom is -0.497 e. The Balaban J connectivity index is 1.44. The van der Waals surface area contributed by atoms with Crippen LogP contribution in [0.3, 0.4) is 0 Å². The summed E-state index contributed by atoms with van der Waals surface area (Å²) in [5.74, 6) is 0.729. The molecule has 1 aliphatic heterocycles. The molecule has 4 rings (SSSR count). The van der Waals surface area contributed by atoms with Gasteiger partial charge in [0.05, 0.1) is 25.0 Å². The number of hydrogen-bond donors (Lipinski definition) is 1. The first-order valence-corrected chi connectivity index (χ1v) is 12.3. The van der Waals surface area contributed by atoms with Crippen molar-refractivity contribution in [2.24, 2.45) is 13.0 Å². The molecule has 1 N–H and O–H groups in total. The molecule has 33 heavy (non-hydrogen) atoms. The maximum absolute atomic E-state index is 13.3. The lowest BCUT2D eigenvalue weighted by molar-refractivity contribution is -0.126. The van der Waals surface area contributed by atoms with Crippen LogP contribution < -0.4 is 14.8 Å². The molecule has 8 nitrogen and oxygen atoms in total. The number of rotatable bonds is 7. The van der Waals surface area contributed by atoms with Crippen molar-refractivity contribution in [2.45, 2.75) is 24.3 Å². The Labute approximate surface area is 194 Å². The zero-order valence-corrected chi connectivity index (χ0v) is 19.9. The molecule has 0 spiro atoms. The molecule has 1 saturated heterocycles. The number of aromatic nitrogens is 1. The maximum atomic E-state index is 13.3. The Morgan fingerprint density at radius 3 is 2.70 bits per heavy atom. The zero-order chi connectivity index (χ0) is 23.6. The molecule has 9 heteroatoms. The zero-order valence-electron chi connectivity index (χ0n) is 19.1. The lowest BCUT2D eigenvalue weighted by atomic mass is 9.98. The van der Waals surface area contributed by atoms with E-state index in [1.54, 1.807) is 32.4 Å². The van der Waals surface area contributed by atoms with Gasteiger partial charge in [0.15, 0.2) is 0 Å². The number of aryl methyl sites for hydroxylation is 1.